The number of ether oxygens (including phenoxy) is 1. The maximum Gasteiger partial charge on any atom is 0.267 e. The highest BCUT2D eigenvalue weighted by Crippen LogP contribution is 2.14. The van der Waals surface area contributed by atoms with Crippen molar-refractivity contribution >= 4 is 22.6 Å². The van der Waals surface area contributed by atoms with Crippen LogP contribution in [-0.2, 0) is 11.3 Å². The molecule has 8 heteroatoms. The molecule has 2 N–H and O–H groups in total. The van der Waals surface area contributed by atoms with Crippen LogP contribution in [0.4, 0.5) is 0 Å². The molecular weight excluding hydrogens is 406 g/mol. The van der Waals surface area contributed by atoms with Crippen LogP contribution < -0.4 is 16.4 Å². The Kier molecular flexibility index (Phi) is 5.28. The van der Waals surface area contributed by atoms with Crippen molar-refractivity contribution in [3.63, 3.8) is 0 Å². The average Bonchev–Trinajstić information content (AvgIpc) is 3.34. The Labute approximate surface area is 183 Å². The first-order valence-electron chi connectivity index (χ1n) is 10.6. The van der Waals surface area contributed by atoms with Crippen molar-refractivity contribution < 1.29 is 9.53 Å². The summed E-state index contributed by atoms with van der Waals surface area (Å²) >= 11 is 0. The fourth-order valence-electron chi connectivity index (χ4n) is 4.09. The van der Waals surface area contributed by atoms with Gasteiger partial charge >= 0.3 is 0 Å². The highest BCUT2D eigenvalue weighted by Gasteiger charge is 2.20. The number of hydrogen-bond donors (Lipinski definition) is 2. The minimum Gasteiger partial charge on any atom is -0.376 e. The number of hydrogen-bond acceptors (Lipinski definition) is 5. The number of rotatable bonds is 5. The van der Waals surface area contributed by atoms with Gasteiger partial charge in [0.15, 0.2) is 0 Å². The molecule has 1 atom stereocenters. The second-order valence-corrected chi connectivity index (χ2v) is 7.91. The first kappa shape index (κ1) is 20.1. The number of amides is 1. The highest BCUT2D eigenvalue weighted by molar-refractivity contribution is 5.96. The van der Waals surface area contributed by atoms with Gasteiger partial charge in [-0.1, -0.05) is 36.4 Å². The Morgan fingerprint density at radius 1 is 1.19 bits per heavy atom. The third kappa shape index (κ3) is 3.69. The molecule has 0 aliphatic carbocycles. The fraction of sp³-hybridized carbons (Fsp3) is 0.250. The summed E-state index contributed by atoms with van der Waals surface area (Å²) in [5.74, 6) is -0.397. The number of carbonyl (C=O) groups excluding carboxylic acids is 1. The van der Waals surface area contributed by atoms with Crippen LogP contribution in [0.25, 0.3) is 16.7 Å². The van der Waals surface area contributed by atoms with Crippen LogP contribution in [0, 0.1) is 5.41 Å². The third-order valence-electron chi connectivity index (χ3n) is 5.76. The number of pyridine rings is 2. The predicted octanol–water partition coefficient (Wildman–Crippen LogP) is 2.09. The Morgan fingerprint density at radius 2 is 2.00 bits per heavy atom. The SMILES string of the molecule is N=c1c(C(=O)NC[C@H]2CCCO2)cc2c(=O)n3ccccc3nc2n1Cc1ccccc1. The minimum absolute atomic E-state index is 0.0124. The molecule has 1 fully saturated rings. The van der Waals surface area contributed by atoms with E-state index in [1.807, 2.05) is 36.4 Å². The summed E-state index contributed by atoms with van der Waals surface area (Å²) in [4.78, 5) is 30.9. The van der Waals surface area contributed by atoms with Crippen LogP contribution in [0.1, 0.15) is 28.8 Å². The maximum absolute atomic E-state index is 13.2. The van der Waals surface area contributed by atoms with Crippen LogP contribution in [-0.4, -0.2) is 39.1 Å². The Balaban J connectivity index is 1.66. The fourth-order valence-corrected chi connectivity index (χ4v) is 4.09. The largest absolute Gasteiger partial charge is 0.376 e. The van der Waals surface area contributed by atoms with Gasteiger partial charge < -0.3 is 14.6 Å². The van der Waals surface area contributed by atoms with E-state index in [0.717, 1.165) is 18.4 Å². The second kappa shape index (κ2) is 8.39. The second-order valence-electron chi connectivity index (χ2n) is 7.91. The van der Waals surface area contributed by atoms with E-state index in [0.29, 0.717) is 36.4 Å². The maximum atomic E-state index is 13.2. The number of aromatic nitrogens is 3. The van der Waals surface area contributed by atoms with Crippen molar-refractivity contribution in [2.75, 3.05) is 13.2 Å². The minimum atomic E-state index is -0.397. The zero-order chi connectivity index (χ0) is 22.1. The zero-order valence-electron chi connectivity index (χ0n) is 17.5. The standard InChI is InChI=1S/C24H23N5O3/c25-21-18(23(30)26-14-17-9-6-12-32-17)13-19-22(29(21)15-16-7-2-1-3-8-16)27-20-10-4-5-11-28(20)24(19)31/h1-5,7-8,10-11,13,17,25H,6,9,12,14-15H2,(H,26,30)/t17-/m1/s1. The zero-order valence-corrected chi connectivity index (χ0v) is 17.5. The smallest absolute Gasteiger partial charge is 0.267 e. The van der Waals surface area contributed by atoms with Gasteiger partial charge in [0.25, 0.3) is 11.5 Å². The van der Waals surface area contributed by atoms with Gasteiger partial charge in [-0.05, 0) is 36.6 Å². The highest BCUT2D eigenvalue weighted by atomic mass is 16.5. The monoisotopic (exact) mass is 429 g/mol. The summed E-state index contributed by atoms with van der Waals surface area (Å²) in [6, 6.07) is 16.4. The summed E-state index contributed by atoms with van der Waals surface area (Å²) < 4.78 is 8.66. The van der Waals surface area contributed by atoms with Crippen molar-refractivity contribution in [1.82, 2.24) is 19.3 Å². The lowest BCUT2D eigenvalue weighted by atomic mass is 10.1. The number of carbonyl (C=O) groups is 1. The number of nitrogens with one attached hydrogen (secondary N) is 2. The van der Waals surface area contributed by atoms with E-state index >= 15 is 0 Å². The van der Waals surface area contributed by atoms with Crippen molar-refractivity contribution in [2.24, 2.45) is 0 Å². The lowest BCUT2D eigenvalue weighted by Crippen LogP contribution is -2.38. The molecule has 0 spiro atoms. The summed E-state index contributed by atoms with van der Waals surface area (Å²) in [6.07, 6.45) is 3.52. The van der Waals surface area contributed by atoms with Gasteiger partial charge in [-0.15, -0.1) is 0 Å². The van der Waals surface area contributed by atoms with Gasteiger partial charge in [-0.2, -0.15) is 0 Å². The van der Waals surface area contributed by atoms with Crippen molar-refractivity contribution in [3.8, 4) is 0 Å². The predicted molar refractivity (Wildman–Crippen MR) is 120 cm³/mol. The molecule has 4 heterocycles. The normalized spacial score (nSPS) is 15.9. The van der Waals surface area contributed by atoms with Gasteiger partial charge in [0.1, 0.15) is 16.8 Å². The first-order chi connectivity index (χ1) is 15.6. The van der Waals surface area contributed by atoms with E-state index in [1.54, 1.807) is 22.9 Å². The lowest BCUT2D eigenvalue weighted by Gasteiger charge is -2.16. The Bertz CT molecular complexity index is 1420. The molecule has 0 bridgehead atoms. The molecule has 5 rings (SSSR count). The number of fused-ring (bicyclic) bond motifs is 2. The van der Waals surface area contributed by atoms with Gasteiger partial charge in [-0.3, -0.25) is 19.4 Å². The first-order valence-corrected chi connectivity index (χ1v) is 10.6. The molecule has 1 amide bonds. The molecule has 1 aliphatic heterocycles. The summed E-state index contributed by atoms with van der Waals surface area (Å²) in [7, 11) is 0. The average molecular weight is 429 g/mol. The lowest BCUT2D eigenvalue weighted by molar-refractivity contribution is 0.0856. The molecule has 4 aromatic rings. The van der Waals surface area contributed by atoms with Crippen LogP contribution in [0.2, 0.25) is 0 Å². The van der Waals surface area contributed by atoms with E-state index in [9.17, 15) is 9.59 Å². The topological polar surface area (TPSA) is 101 Å². The third-order valence-corrected chi connectivity index (χ3v) is 5.76. The molecular formula is C24H23N5O3. The number of nitrogens with zero attached hydrogens (tertiary/aromatic N) is 3. The molecule has 3 aromatic heterocycles. The molecule has 0 unspecified atom stereocenters. The van der Waals surface area contributed by atoms with Gasteiger partial charge in [0.05, 0.1) is 23.6 Å². The van der Waals surface area contributed by atoms with Gasteiger partial charge in [0, 0.05) is 19.3 Å². The van der Waals surface area contributed by atoms with E-state index in [4.69, 9.17) is 10.1 Å². The van der Waals surface area contributed by atoms with E-state index < -0.39 is 5.91 Å². The van der Waals surface area contributed by atoms with Crippen LogP contribution in [0.5, 0.6) is 0 Å². The van der Waals surface area contributed by atoms with Crippen molar-refractivity contribution in [2.45, 2.75) is 25.5 Å². The van der Waals surface area contributed by atoms with Gasteiger partial charge in [0.2, 0.25) is 0 Å². The van der Waals surface area contributed by atoms with E-state index in [-0.39, 0.29) is 22.7 Å². The molecule has 1 aromatic carbocycles. The molecule has 162 valence electrons. The van der Waals surface area contributed by atoms with E-state index in [2.05, 4.69) is 10.3 Å². The van der Waals surface area contributed by atoms with Crippen molar-refractivity contribution in [3.05, 3.63) is 87.8 Å². The summed E-state index contributed by atoms with van der Waals surface area (Å²) in [5, 5.41) is 12.0. The number of benzene rings is 1. The Morgan fingerprint density at radius 3 is 2.78 bits per heavy atom. The Hall–Kier alpha value is -3.78. The molecule has 8 nitrogen and oxygen atoms in total. The molecule has 0 radical (unpaired) electrons. The summed E-state index contributed by atoms with van der Waals surface area (Å²) in [5.41, 5.74) is 1.69. The molecule has 0 saturated carbocycles. The summed E-state index contributed by atoms with van der Waals surface area (Å²) in [6.45, 7) is 1.40. The molecule has 1 saturated heterocycles. The quantitative estimate of drug-likeness (QED) is 0.474. The van der Waals surface area contributed by atoms with Crippen LogP contribution >= 0.6 is 0 Å². The van der Waals surface area contributed by atoms with Crippen molar-refractivity contribution in [1.29, 1.82) is 5.41 Å². The van der Waals surface area contributed by atoms with Crippen LogP contribution in [0.15, 0.2) is 65.6 Å². The van der Waals surface area contributed by atoms with Crippen LogP contribution in [0.3, 0.4) is 0 Å². The van der Waals surface area contributed by atoms with Gasteiger partial charge in [-0.25, -0.2) is 4.98 Å². The van der Waals surface area contributed by atoms with E-state index in [1.165, 1.54) is 10.5 Å². The molecule has 1 aliphatic rings. The molecule has 32 heavy (non-hydrogen) atoms.